The molecule has 2 aromatic rings. The van der Waals surface area contributed by atoms with E-state index in [0.29, 0.717) is 10.3 Å². The first-order valence-electron chi connectivity index (χ1n) is 4.69. The lowest BCUT2D eigenvalue weighted by Crippen LogP contribution is -2.13. The summed E-state index contributed by atoms with van der Waals surface area (Å²) in [5.41, 5.74) is 0.141. The number of pyridine rings is 2. The highest BCUT2D eigenvalue weighted by atomic mass is 79.9. The highest BCUT2D eigenvalue weighted by molar-refractivity contribution is 9.10. The Labute approximate surface area is 105 Å². The molecule has 0 fully saturated rings. The van der Waals surface area contributed by atoms with Crippen LogP contribution in [0.3, 0.4) is 0 Å². The molecule has 0 atom stereocenters. The van der Waals surface area contributed by atoms with Crippen molar-refractivity contribution in [3.05, 3.63) is 52.6 Å². The van der Waals surface area contributed by atoms with E-state index in [1.807, 2.05) is 0 Å². The first kappa shape index (κ1) is 11.7. The largest absolute Gasteiger partial charge is 0.306 e. The van der Waals surface area contributed by atoms with Gasteiger partial charge in [0, 0.05) is 12.4 Å². The summed E-state index contributed by atoms with van der Waals surface area (Å²) in [5, 5.41) is 2.55. The van der Waals surface area contributed by atoms with E-state index < -0.39 is 11.7 Å². The van der Waals surface area contributed by atoms with Crippen LogP contribution in [-0.4, -0.2) is 15.9 Å². The van der Waals surface area contributed by atoms with Crippen LogP contribution in [0.5, 0.6) is 0 Å². The molecule has 0 unspecified atom stereocenters. The number of anilines is 1. The molecule has 2 aromatic heterocycles. The van der Waals surface area contributed by atoms with E-state index in [1.54, 1.807) is 18.3 Å². The quantitative estimate of drug-likeness (QED) is 0.927. The zero-order valence-electron chi connectivity index (χ0n) is 8.52. The van der Waals surface area contributed by atoms with Gasteiger partial charge < -0.3 is 5.32 Å². The van der Waals surface area contributed by atoms with E-state index in [0.717, 1.165) is 12.3 Å². The van der Waals surface area contributed by atoms with Crippen molar-refractivity contribution in [1.29, 1.82) is 0 Å². The lowest BCUT2D eigenvalue weighted by molar-refractivity contribution is 0.102. The molecule has 4 nitrogen and oxygen atoms in total. The predicted octanol–water partition coefficient (Wildman–Crippen LogP) is 2.63. The minimum Gasteiger partial charge on any atom is -0.306 e. The maximum atomic E-state index is 12.9. The fourth-order valence-corrected chi connectivity index (χ4v) is 1.55. The Kier molecular flexibility index (Phi) is 3.43. The first-order chi connectivity index (χ1) is 8.16. The fourth-order valence-electron chi connectivity index (χ4n) is 1.19. The fraction of sp³-hybridized carbons (Fsp3) is 0. The van der Waals surface area contributed by atoms with Gasteiger partial charge in [0.2, 0.25) is 0 Å². The summed E-state index contributed by atoms with van der Waals surface area (Å²) in [4.78, 5) is 19.3. The average molecular weight is 296 g/mol. The van der Waals surface area contributed by atoms with Crippen LogP contribution in [-0.2, 0) is 0 Å². The number of carbonyl (C=O) groups excluding carboxylic acids is 1. The summed E-state index contributed by atoms with van der Waals surface area (Å²) in [5.74, 6) is -0.643. The van der Waals surface area contributed by atoms with Crippen LogP contribution in [0.25, 0.3) is 0 Å². The SMILES string of the molecule is O=C(Nc1ncccc1Br)c1cncc(F)c1. The molecule has 0 saturated heterocycles. The van der Waals surface area contributed by atoms with Gasteiger partial charge in [-0.25, -0.2) is 9.37 Å². The third kappa shape index (κ3) is 2.85. The van der Waals surface area contributed by atoms with Crippen molar-refractivity contribution in [2.24, 2.45) is 0 Å². The number of hydrogen-bond donors (Lipinski definition) is 1. The number of amides is 1. The van der Waals surface area contributed by atoms with Crippen molar-refractivity contribution in [3.63, 3.8) is 0 Å². The third-order valence-electron chi connectivity index (χ3n) is 1.96. The number of halogens is 2. The van der Waals surface area contributed by atoms with Crippen molar-refractivity contribution in [2.45, 2.75) is 0 Å². The first-order valence-corrected chi connectivity index (χ1v) is 5.48. The second kappa shape index (κ2) is 5.01. The van der Waals surface area contributed by atoms with Crippen LogP contribution in [0.15, 0.2) is 41.3 Å². The summed E-state index contributed by atoms with van der Waals surface area (Å²) in [6.45, 7) is 0. The predicted molar refractivity (Wildman–Crippen MR) is 64.1 cm³/mol. The normalized spacial score (nSPS) is 10.0. The van der Waals surface area contributed by atoms with Crippen LogP contribution in [0.4, 0.5) is 10.2 Å². The van der Waals surface area contributed by atoms with Crippen LogP contribution in [0, 0.1) is 5.82 Å². The maximum absolute atomic E-state index is 12.9. The highest BCUT2D eigenvalue weighted by Crippen LogP contribution is 2.18. The Bertz CT molecular complexity index is 562. The second-order valence-electron chi connectivity index (χ2n) is 3.18. The van der Waals surface area contributed by atoms with Gasteiger partial charge in [-0.1, -0.05) is 0 Å². The van der Waals surface area contributed by atoms with Gasteiger partial charge >= 0.3 is 0 Å². The van der Waals surface area contributed by atoms with Gasteiger partial charge in [-0.3, -0.25) is 9.78 Å². The van der Waals surface area contributed by atoms with Crippen LogP contribution in [0.2, 0.25) is 0 Å². The molecule has 0 aliphatic heterocycles. The maximum Gasteiger partial charge on any atom is 0.258 e. The van der Waals surface area contributed by atoms with Crippen molar-refractivity contribution >= 4 is 27.7 Å². The van der Waals surface area contributed by atoms with E-state index in [1.165, 1.54) is 6.20 Å². The van der Waals surface area contributed by atoms with E-state index in [4.69, 9.17) is 0 Å². The minimum atomic E-state index is -0.558. The molecule has 0 spiro atoms. The third-order valence-corrected chi connectivity index (χ3v) is 2.60. The lowest BCUT2D eigenvalue weighted by Gasteiger charge is -2.05. The number of hydrogen-bond acceptors (Lipinski definition) is 3. The molecule has 17 heavy (non-hydrogen) atoms. The van der Waals surface area contributed by atoms with Gasteiger partial charge in [0.15, 0.2) is 0 Å². The summed E-state index contributed by atoms with van der Waals surface area (Å²) in [7, 11) is 0. The zero-order chi connectivity index (χ0) is 12.3. The summed E-state index contributed by atoms with van der Waals surface area (Å²) < 4.78 is 13.5. The highest BCUT2D eigenvalue weighted by Gasteiger charge is 2.09. The zero-order valence-corrected chi connectivity index (χ0v) is 10.1. The Balaban J connectivity index is 2.20. The minimum absolute atomic E-state index is 0.141. The Morgan fingerprint density at radius 1 is 1.41 bits per heavy atom. The molecular weight excluding hydrogens is 289 g/mol. The molecule has 0 aliphatic carbocycles. The Hall–Kier alpha value is -1.82. The van der Waals surface area contributed by atoms with Crippen molar-refractivity contribution in [3.8, 4) is 0 Å². The van der Waals surface area contributed by atoms with E-state index in [-0.39, 0.29) is 5.56 Å². The van der Waals surface area contributed by atoms with Gasteiger partial charge in [0.05, 0.1) is 16.2 Å². The summed E-state index contributed by atoms with van der Waals surface area (Å²) >= 11 is 3.24. The number of carbonyl (C=O) groups is 1. The second-order valence-corrected chi connectivity index (χ2v) is 4.03. The Morgan fingerprint density at radius 3 is 2.94 bits per heavy atom. The van der Waals surface area contributed by atoms with Crippen molar-refractivity contribution in [1.82, 2.24) is 9.97 Å². The topological polar surface area (TPSA) is 54.9 Å². The molecule has 0 bridgehead atoms. The number of aromatic nitrogens is 2. The standard InChI is InChI=1S/C11H7BrFN3O/c12-9-2-1-3-15-10(9)16-11(17)7-4-8(13)6-14-5-7/h1-6H,(H,15,16,17). The average Bonchev–Trinajstić information content (AvgIpc) is 2.32. The van der Waals surface area contributed by atoms with Gasteiger partial charge in [0.25, 0.3) is 5.91 Å². The molecule has 6 heteroatoms. The van der Waals surface area contributed by atoms with Crippen LogP contribution >= 0.6 is 15.9 Å². The van der Waals surface area contributed by atoms with Crippen molar-refractivity contribution in [2.75, 3.05) is 5.32 Å². The molecule has 2 heterocycles. The van der Waals surface area contributed by atoms with Gasteiger partial charge in [-0.2, -0.15) is 0 Å². The number of nitrogens with one attached hydrogen (secondary N) is 1. The molecule has 86 valence electrons. The molecule has 1 N–H and O–H groups in total. The van der Waals surface area contributed by atoms with E-state index in [9.17, 15) is 9.18 Å². The Morgan fingerprint density at radius 2 is 2.24 bits per heavy atom. The van der Waals surface area contributed by atoms with E-state index >= 15 is 0 Å². The molecule has 0 saturated carbocycles. The monoisotopic (exact) mass is 295 g/mol. The molecule has 2 rings (SSSR count). The van der Waals surface area contributed by atoms with Crippen molar-refractivity contribution < 1.29 is 9.18 Å². The van der Waals surface area contributed by atoms with Crippen LogP contribution < -0.4 is 5.32 Å². The molecular formula is C11H7BrFN3O. The van der Waals surface area contributed by atoms with Gasteiger partial charge in [-0.05, 0) is 34.1 Å². The van der Waals surface area contributed by atoms with E-state index in [2.05, 4.69) is 31.2 Å². The molecule has 1 amide bonds. The van der Waals surface area contributed by atoms with Crippen LogP contribution in [0.1, 0.15) is 10.4 Å². The number of nitrogens with zero attached hydrogens (tertiary/aromatic N) is 2. The summed E-state index contributed by atoms with van der Waals surface area (Å²) in [6.07, 6.45) is 3.87. The molecule has 0 aromatic carbocycles. The van der Waals surface area contributed by atoms with Gasteiger partial charge in [0.1, 0.15) is 11.6 Å². The lowest BCUT2D eigenvalue weighted by atomic mass is 10.2. The molecule has 0 aliphatic rings. The molecule has 0 radical (unpaired) electrons. The van der Waals surface area contributed by atoms with Gasteiger partial charge in [-0.15, -0.1) is 0 Å². The summed E-state index contributed by atoms with van der Waals surface area (Å²) in [6, 6.07) is 4.58. The number of rotatable bonds is 2. The smallest absolute Gasteiger partial charge is 0.258 e.